The molecule has 0 aliphatic carbocycles. The highest BCUT2D eigenvalue weighted by atomic mass is 32.2. The fraction of sp³-hybridized carbons (Fsp3) is 0.176. The highest BCUT2D eigenvalue weighted by Gasteiger charge is 2.36. The van der Waals surface area contributed by atoms with Crippen molar-refractivity contribution in [3.05, 3.63) is 65.2 Å². The van der Waals surface area contributed by atoms with Gasteiger partial charge in [0.05, 0.1) is 16.9 Å². The maximum Gasteiger partial charge on any atom is 0.271 e. The highest BCUT2D eigenvalue weighted by molar-refractivity contribution is 7.98. The van der Waals surface area contributed by atoms with Crippen molar-refractivity contribution in [2.75, 3.05) is 5.75 Å². The molecule has 1 atom stereocenters. The van der Waals surface area contributed by atoms with Gasteiger partial charge in [-0.1, -0.05) is 30.3 Å². The minimum atomic E-state index is -0.235. The minimum Gasteiger partial charge on any atom is -0.489 e. The standard InChI is InChI=1S/C17H13NO3S/c19-16-13-6-2-3-7-14(13)17(20)18(16)22-10-12-9-11-5-1-4-8-15(11)21-12/h1-8,12H,9-10H2/t12-/m0/s1. The molecule has 0 saturated carbocycles. The van der Waals surface area contributed by atoms with E-state index in [0.717, 1.165) is 12.2 Å². The van der Waals surface area contributed by atoms with Crippen molar-refractivity contribution >= 4 is 23.8 Å². The highest BCUT2D eigenvalue weighted by Crippen LogP contribution is 2.33. The molecule has 2 amide bonds. The van der Waals surface area contributed by atoms with Crippen LogP contribution in [0.3, 0.4) is 0 Å². The van der Waals surface area contributed by atoms with Crippen molar-refractivity contribution in [3.8, 4) is 5.75 Å². The van der Waals surface area contributed by atoms with E-state index in [9.17, 15) is 9.59 Å². The van der Waals surface area contributed by atoms with E-state index in [-0.39, 0.29) is 17.9 Å². The monoisotopic (exact) mass is 311 g/mol. The molecular weight excluding hydrogens is 298 g/mol. The summed E-state index contributed by atoms with van der Waals surface area (Å²) in [5, 5.41) is 0. The van der Waals surface area contributed by atoms with Gasteiger partial charge >= 0.3 is 0 Å². The van der Waals surface area contributed by atoms with Crippen LogP contribution >= 0.6 is 11.9 Å². The Balaban J connectivity index is 1.44. The van der Waals surface area contributed by atoms with Gasteiger partial charge in [-0.25, -0.2) is 4.31 Å². The summed E-state index contributed by atoms with van der Waals surface area (Å²) in [6, 6.07) is 14.9. The van der Waals surface area contributed by atoms with E-state index < -0.39 is 0 Å². The number of fused-ring (bicyclic) bond motifs is 2. The van der Waals surface area contributed by atoms with E-state index in [1.54, 1.807) is 24.3 Å². The van der Waals surface area contributed by atoms with Crippen molar-refractivity contribution in [1.29, 1.82) is 0 Å². The molecule has 0 saturated heterocycles. The zero-order chi connectivity index (χ0) is 15.1. The quantitative estimate of drug-likeness (QED) is 0.646. The molecule has 0 N–H and O–H groups in total. The second-order valence-corrected chi connectivity index (χ2v) is 6.25. The van der Waals surface area contributed by atoms with Crippen molar-refractivity contribution in [3.63, 3.8) is 0 Å². The Bertz CT molecular complexity index is 714. The van der Waals surface area contributed by atoms with E-state index in [4.69, 9.17) is 4.74 Å². The second kappa shape index (κ2) is 5.18. The molecule has 0 aromatic heterocycles. The van der Waals surface area contributed by atoms with E-state index in [0.29, 0.717) is 16.9 Å². The molecule has 0 spiro atoms. The lowest BCUT2D eigenvalue weighted by atomic mass is 10.1. The minimum absolute atomic E-state index is 0.00767. The van der Waals surface area contributed by atoms with Crippen LogP contribution in [0.5, 0.6) is 5.75 Å². The SMILES string of the molecule is O=C1c2ccccc2C(=O)N1SC[C@@H]1Cc2ccccc2O1. The van der Waals surface area contributed by atoms with Crippen LogP contribution in [0.4, 0.5) is 0 Å². The first-order valence-electron chi connectivity index (χ1n) is 7.09. The van der Waals surface area contributed by atoms with Crippen LogP contribution in [-0.2, 0) is 6.42 Å². The van der Waals surface area contributed by atoms with Crippen LogP contribution in [0.25, 0.3) is 0 Å². The summed E-state index contributed by atoms with van der Waals surface area (Å²) in [5.41, 5.74) is 2.14. The van der Waals surface area contributed by atoms with Crippen LogP contribution in [0.2, 0.25) is 0 Å². The normalized spacial score (nSPS) is 19.1. The van der Waals surface area contributed by atoms with Crippen LogP contribution in [0.15, 0.2) is 48.5 Å². The summed E-state index contributed by atoms with van der Waals surface area (Å²) in [7, 11) is 0. The third kappa shape index (κ3) is 2.09. The maximum atomic E-state index is 12.3. The summed E-state index contributed by atoms with van der Waals surface area (Å²) < 4.78 is 7.09. The zero-order valence-electron chi connectivity index (χ0n) is 11.7. The number of rotatable bonds is 3. The summed E-state index contributed by atoms with van der Waals surface area (Å²) in [4.78, 5) is 24.5. The van der Waals surface area contributed by atoms with Gasteiger partial charge in [-0.15, -0.1) is 0 Å². The number of imide groups is 1. The van der Waals surface area contributed by atoms with Crippen molar-refractivity contribution in [1.82, 2.24) is 4.31 Å². The van der Waals surface area contributed by atoms with Gasteiger partial charge in [0.25, 0.3) is 11.8 Å². The molecule has 4 rings (SSSR count). The summed E-state index contributed by atoms with van der Waals surface area (Å²) in [6.45, 7) is 0. The lowest BCUT2D eigenvalue weighted by Gasteiger charge is -2.15. The van der Waals surface area contributed by atoms with Gasteiger partial charge in [-0.05, 0) is 35.7 Å². The topological polar surface area (TPSA) is 46.6 Å². The first kappa shape index (κ1) is 13.4. The van der Waals surface area contributed by atoms with Gasteiger partial charge < -0.3 is 4.74 Å². The van der Waals surface area contributed by atoms with Gasteiger partial charge in [-0.2, -0.15) is 0 Å². The molecule has 110 valence electrons. The number of carbonyl (C=O) groups excluding carboxylic acids is 2. The molecule has 0 bridgehead atoms. The number of carbonyl (C=O) groups is 2. The fourth-order valence-corrected chi connectivity index (χ4v) is 3.72. The molecule has 2 aliphatic rings. The fourth-order valence-electron chi connectivity index (χ4n) is 2.79. The first-order valence-corrected chi connectivity index (χ1v) is 8.03. The van der Waals surface area contributed by atoms with Crippen molar-refractivity contribution in [2.24, 2.45) is 0 Å². The van der Waals surface area contributed by atoms with E-state index >= 15 is 0 Å². The smallest absolute Gasteiger partial charge is 0.271 e. The summed E-state index contributed by atoms with van der Waals surface area (Å²) >= 11 is 1.23. The number of hydrogen-bond acceptors (Lipinski definition) is 4. The largest absolute Gasteiger partial charge is 0.489 e. The van der Waals surface area contributed by atoms with Gasteiger partial charge in [0, 0.05) is 6.42 Å². The molecule has 22 heavy (non-hydrogen) atoms. The Morgan fingerprint density at radius 2 is 1.64 bits per heavy atom. The first-order chi connectivity index (χ1) is 10.7. The average Bonchev–Trinajstić information content (AvgIpc) is 3.06. The Hall–Kier alpha value is -2.27. The zero-order valence-corrected chi connectivity index (χ0v) is 12.5. The molecule has 2 aliphatic heterocycles. The maximum absolute atomic E-state index is 12.3. The number of hydrogen-bond donors (Lipinski definition) is 0. The van der Waals surface area contributed by atoms with E-state index in [1.165, 1.54) is 21.8 Å². The number of ether oxygens (including phenoxy) is 1. The number of nitrogens with zero attached hydrogens (tertiary/aromatic N) is 1. The molecule has 2 heterocycles. The van der Waals surface area contributed by atoms with Crippen LogP contribution in [0.1, 0.15) is 26.3 Å². The van der Waals surface area contributed by atoms with Crippen LogP contribution in [-0.4, -0.2) is 28.0 Å². The summed E-state index contributed by atoms with van der Waals surface area (Å²) in [5.74, 6) is 0.998. The third-order valence-corrected chi connectivity index (χ3v) is 4.97. The number of amides is 2. The van der Waals surface area contributed by atoms with E-state index in [1.807, 2.05) is 24.3 Å². The average molecular weight is 311 g/mol. The Labute approximate surface area is 132 Å². The number of para-hydroxylation sites is 1. The molecule has 4 nitrogen and oxygen atoms in total. The Kier molecular flexibility index (Phi) is 3.15. The Morgan fingerprint density at radius 3 is 2.32 bits per heavy atom. The van der Waals surface area contributed by atoms with Crippen molar-refractivity contribution < 1.29 is 14.3 Å². The van der Waals surface area contributed by atoms with E-state index in [2.05, 4.69) is 0 Å². The van der Waals surface area contributed by atoms with Crippen molar-refractivity contribution in [2.45, 2.75) is 12.5 Å². The molecule has 0 unspecified atom stereocenters. The molecule has 5 heteroatoms. The van der Waals surface area contributed by atoms with Crippen LogP contribution in [0, 0.1) is 0 Å². The third-order valence-electron chi connectivity index (χ3n) is 3.86. The summed E-state index contributed by atoms with van der Waals surface area (Å²) in [6.07, 6.45) is 0.804. The second-order valence-electron chi connectivity index (χ2n) is 5.30. The predicted molar refractivity (Wildman–Crippen MR) is 84.0 cm³/mol. The van der Waals surface area contributed by atoms with Gasteiger partial charge in [-0.3, -0.25) is 9.59 Å². The predicted octanol–water partition coefficient (Wildman–Crippen LogP) is 2.93. The van der Waals surface area contributed by atoms with Gasteiger partial charge in [0.15, 0.2) is 0 Å². The Morgan fingerprint density at radius 1 is 1.00 bits per heavy atom. The van der Waals surface area contributed by atoms with Gasteiger partial charge in [0.1, 0.15) is 11.9 Å². The lowest BCUT2D eigenvalue weighted by molar-refractivity contribution is 0.0776. The molecule has 0 radical (unpaired) electrons. The molecule has 2 aromatic rings. The lowest BCUT2D eigenvalue weighted by Crippen LogP contribution is -2.26. The molecular formula is C17H13NO3S. The van der Waals surface area contributed by atoms with Crippen LogP contribution < -0.4 is 4.74 Å². The molecule has 0 fully saturated rings. The number of benzene rings is 2. The van der Waals surface area contributed by atoms with Gasteiger partial charge in [0.2, 0.25) is 0 Å². The molecule has 2 aromatic carbocycles.